The minimum Gasteiger partial charge on any atom is -0.356 e. The molecule has 2 unspecified atom stereocenters. The van der Waals surface area contributed by atoms with E-state index in [2.05, 4.69) is 35.1 Å². The Hall–Kier alpha value is -2.81. The fourth-order valence-electron chi connectivity index (χ4n) is 4.14. The Morgan fingerprint density at radius 1 is 1.04 bits per heavy atom. The fraction of sp³-hybridized carbons (Fsp3) is 0.471. The molecular weight excluding hydrogens is 330 g/mol. The van der Waals surface area contributed by atoms with Crippen LogP contribution in [-0.2, 0) is 13.6 Å². The van der Waals surface area contributed by atoms with Crippen molar-refractivity contribution in [3.05, 3.63) is 42.7 Å². The van der Waals surface area contributed by atoms with Gasteiger partial charge in [-0.05, 0) is 17.9 Å². The molecule has 2 atom stereocenters. The summed E-state index contributed by atoms with van der Waals surface area (Å²) in [6.07, 6.45) is 7.14. The highest BCUT2D eigenvalue weighted by molar-refractivity contribution is 5.44. The highest BCUT2D eigenvalue weighted by Gasteiger charge is 2.40. The minimum absolute atomic E-state index is 0.676. The molecule has 0 radical (unpaired) electrons. The molecule has 0 spiro atoms. The Bertz CT molecular complexity index is 873. The third kappa shape index (κ3) is 2.84. The van der Waals surface area contributed by atoms with Crippen molar-refractivity contribution < 1.29 is 0 Å². The van der Waals surface area contributed by atoms with Crippen LogP contribution in [0, 0.1) is 11.8 Å². The smallest absolute Gasteiger partial charge is 0.158 e. The van der Waals surface area contributed by atoms with Gasteiger partial charge in [0, 0.05) is 58.2 Å². The van der Waals surface area contributed by atoms with Gasteiger partial charge in [-0.15, -0.1) is 0 Å². The number of anilines is 1. The van der Waals surface area contributed by atoms with E-state index < -0.39 is 0 Å². The standard InChI is InChI=1S/C17H21N9/c1-23-21-6-15(22-23)11-24-7-13-9-25(10-14(13)8-24)16-5-17(19-12-18-16)26-4-2-3-20-26/h2-6,12-14H,7-11H2,1H3. The Labute approximate surface area is 151 Å². The van der Waals surface area contributed by atoms with E-state index in [4.69, 9.17) is 0 Å². The Morgan fingerprint density at radius 3 is 2.54 bits per heavy atom. The summed E-state index contributed by atoms with van der Waals surface area (Å²) in [5.74, 6) is 3.14. The molecule has 3 aromatic rings. The van der Waals surface area contributed by atoms with Gasteiger partial charge in [-0.3, -0.25) is 4.90 Å². The van der Waals surface area contributed by atoms with Crippen molar-refractivity contribution in [1.29, 1.82) is 0 Å². The first-order valence-electron chi connectivity index (χ1n) is 8.89. The van der Waals surface area contributed by atoms with Crippen molar-refractivity contribution in [1.82, 2.24) is 39.6 Å². The zero-order valence-corrected chi connectivity index (χ0v) is 14.7. The molecule has 0 saturated carbocycles. The lowest BCUT2D eigenvalue weighted by molar-refractivity contribution is 0.304. The van der Waals surface area contributed by atoms with Crippen LogP contribution in [0.25, 0.3) is 5.82 Å². The zero-order valence-electron chi connectivity index (χ0n) is 14.7. The summed E-state index contributed by atoms with van der Waals surface area (Å²) >= 11 is 0. The highest BCUT2D eigenvalue weighted by atomic mass is 15.5. The maximum Gasteiger partial charge on any atom is 0.158 e. The molecule has 9 nitrogen and oxygen atoms in total. The van der Waals surface area contributed by atoms with E-state index in [1.54, 1.807) is 22.0 Å². The molecule has 0 aromatic carbocycles. The van der Waals surface area contributed by atoms with Gasteiger partial charge in [0.25, 0.3) is 0 Å². The normalized spacial score (nSPS) is 22.9. The van der Waals surface area contributed by atoms with E-state index in [1.165, 1.54) is 0 Å². The van der Waals surface area contributed by atoms with Crippen LogP contribution < -0.4 is 4.90 Å². The van der Waals surface area contributed by atoms with Gasteiger partial charge in [-0.2, -0.15) is 20.1 Å². The molecule has 5 rings (SSSR count). The lowest BCUT2D eigenvalue weighted by Gasteiger charge is -2.21. The van der Waals surface area contributed by atoms with E-state index in [1.807, 2.05) is 31.6 Å². The molecule has 2 aliphatic heterocycles. The molecule has 2 saturated heterocycles. The van der Waals surface area contributed by atoms with Crippen LogP contribution in [0.5, 0.6) is 0 Å². The molecule has 2 fully saturated rings. The lowest BCUT2D eigenvalue weighted by Crippen LogP contribution is -2.29. The van der Waals surface area contributed by atoms with Crippen molar-refractivity contribution in [3.63, 3.8) is 0 Å². The second kappa shape index (κ2) is 6.17. The van der Waals surface area contributed by atoms with Crippen molar-refractivity contribution >= 4 is 5.82 Å². The van der Waals surface area contributed by atoms with Crippen molar-refractivity contribution in [2.75, 3.05) is 31.1 Å². The molecule has 9 heteroatoms. The highest BCUT2D eigenvalue weighted by Crippen LogP contribution is 2.33. The summed E-state index contributed by atoms with van der Waals surface area (Å²) in [6.45, 7) is 5.18. The number of nitrogens with zero attached hydrogens (tertiary/aromatic N) is 9. The second-order valence-electron chi connectivity index (χ2n) is 7.13. The molecule has 5 heterocycles. The summed E-state index contributed by atoms with van der Waals surface area (Å²) in [5.41, 5.74) is 1.05. The quantitative estimate of drug-likeness (QED) is 0.671. The van der Waals surface area contributed by atoms with Gasteiger partial charge in [0.1, 0.15) is 12.1 Å². The maximum atomic E-state index is 4.49. The first-order chi connectivity index (χ1) is 12.7. The Balaban J connectivity index is 1.25. The van der Waals surface area contributed by atoms with Crippen molar-refractivity contribution in [2.24, 2.45) is 18.9 Å². The van der Waals surface area contributed by atoms with Crippen LogP contribution >= 0.6 is 0 Å². The molecule has 26 heavy (non-hydrogen) atoms. The average Bonchev–Trinajstić information content (AvgIpc) is 3.39. The monoisotopic (exact) mass is 351 g/mol. The lowest BCUT2D eigenvalue weighted by atomic mass is 10.0. The number of aromatic nitrogens is 7. The van der Waals surface area contributed by atoms with Gasteiger partial charge in [0.15, 0.2) is 5.82 Å². The van der Waals surface area contributed by atoms with Gasteiger partial charge < -0.3 is 4.90 Å². The van der Waals surface area contributed by atoms with Gasteiger partial charge >= 0.3 is 0 Å². The third-order valence-electron chi connectivity index (χ3n) is 5.30. The topological polar surface area (TPSA) is 80.8 Å². The SMILES string of the molecule is Cn1ncc(CN2CC3CN(c4cc(-n5cccn5)ncn4)CC3C2)n1. The van der Waals surface area contributed by atoms with Crippen molar-refractivity contribution in [2.45, 2.75) is 6.54 Å². The molecule has 0 aliphatic carbocycles. The number of hydrogen-bond donors (Lipinski definition) is 0. The average molecular weight is 351 g/mol. The molecule has 3 aromatic heterocycles. The number of rotatable bonds is 4. The Morgan fingerprint density at radius 2 is 1.85 bits per heavy atom. The Kier molecular flexibility index (Phi) is 3.66. The van der Waals surface area contributed by atoms with Crippen LogP contribution in [0.4, 0.5) is 5.82 Å². The summed E-state index contributed by atoms with van der Waals surface area (Å²) in [5, 5.41) is 12.8. The van der Waals surface area contributed by atoms with Crippen LogP contribution in [0.15, 0.2) is 37.1 Å². The molecule has 0 bridgehead atoms. The summed E-state index contributed by atoms with van der Waals surface area (Å²) in [6, 6.07) is 3.92. The first kappa shape index (κ1) is 15.4. The predicted molar refractivity (Wildman–Crippen MR) is 94.6 cm³/mol. The summed E-state index contributed by atoms with van der Waals surface area (Å²) < 4.78 is 1.77. The van der Waals surface area contributed by atoms with Gasteiger partial charge in [-0.25, -0.2) is 14.6 Å². The van der Waals surface area contributed by atoms with Gasteiger partial charge in [0.2, 0.25) is 0 Å². The van der Waals surface area contributed by atoms with Crippen LogP contribution in [-0.4, -0.2) is 65.8 Å². The second-order valence-corrected chi connectivity index (χ2v) is 7.13. The molecular formula is C17H21N9. The van der Waals surface area contributed by atoms with Gasteiger partial charge in [-0.1, -0.05) is 0 Å². The largest absolute Gasteiger partial charge is 0.356 e. The third-order valence-corrected chi connectivity index (χ3v) is 5.30. The van der Waals surface area contributed by atoms with Gasteiger partial charge in [0.05, 0.1) is 11.9 Å². The zero-order chi connectivity index (χ0) is 17.5. The molecule has 0 N–H and O–H groups in total. The number of hydrogen-bond acceptors (Lipinski definition) is 7. The van der Waals surface area contributed by atoms with E-state index in [0.717, 1.165) is 50.1 Å². The van der Waals surface area contributed by atoms with Crippen molar-refractivity contribution in [3.8, 4) is 5.82 Å². The fourth-order valence-corrected chi connectivity index (χ4v) is 4.14. The van der Waals surface area contributed by atoms with E-state index in [0.29, 0.717) is 11.8 Å². The van der Waals surface area contributed by atoms with E-state index in [9.17, 15) is 0 Å². The number of fused-ring (bicyclic) bond motifs is 1. The van der Waals surface area contributed by atoms with Crippen LogP contribution in [0.2, 0.25) is 0 Å². The molecule has 134 valence electrons. The number of likely N-dealkylation sites (tertiary alicyclic amines) is 1. The minimum atomic E-state index is 0.676. The first-order valence-corrected chi connectivity index (χ1v) is 8.89. The maximum absolute atomic E-state index is 4.49. The molecule has 0 amide bonds. The van der Waals surface area contributed by atoms with E-state index in [-0.39, 0.29) is 0 Å². The van der Waals surface area contributed by atoms with E-state index >= 15 is 0 Å². The van der Waals surface area contributed by atoms with Crippen LogP contribution in [0.3, 0.4) is 0 Å². The summed E-state index contributed by atoms with van der Waals surface area (Å²) in [7, 11) is 1.86. The predicted octanol–water partition coefficient (Wildman–Crippen LogP) is 0.359. The summed E-state index contributed by atoms with van der Waals surface area (Å²) in [4.78, 5) is 15.3. The van der Waals surface area contributed by atoms with Crippen LogP contribution in [0.1, 0.15) is 5.69 Å². The molecule has 2 aliphatic rings. The number of aryl methyl sites for hydroxylation is 1.